The molecule has 1 atom stereocenters. The monoisotopic (exact) mass is 524 g/mol. The Morgan fingerprint density at radius 1 is 1.39 bits per heavy atom. The molecular formula is C17H29IN6O3S. The molecule has 0 bridgehead atoms. The van der Waals surface area contributed by atoms with Gasteiger partial charge in [-0.15, -0.1) is 24.0 Å². The van der Waals surface area contributed by atoms with Gasteiger partial charge in [0.15, 0.2) is 15.8 Å². The quantitative estimate of drug-likeness (QED) is 0.342. The fraction of sp³-hybridized carbons (Fsp3) is 0.706. The lowest BCUT2D eigenvalue weighted by Gasteiger charge is -2.35. The van der Waals surface area contributed by atoms with Gasteiger partial charge in [-0.3, -0.25) is 14.5 Å². The first-order valence-electron chi connectivity index (χ1n) is 9.40. The second-order valence-electron chi connectivity index (χ2n) is 7.20. The number of sulfone groups is 1. The lowest BCUT2D eigenvalue weighted by Crippen LogP contribution is -2.55. The van der Waals surface area contributed by atoms with Crippen molar-refractivity contribution in [3.05, 3.63) is 12.4 Å². The summed E-state index contributed by atoms with van der Waals surface area (Å²) in [7, 11) is -1.08. The second-order valence-corrected chi connectivity index (χ2v) is 9.43. The number of aliphatic imine (C=N–C) groups is 1. The molecule has 0 aromatic carbocycles. The molecule has 0 saturated carbocycles. The number of aryl methyl sites for hydroxylation is 1. The Hall–Kier alpha value is -1.37. The summed E-state index contributed by atoms with van der Waals surface area (Å²) in [6, 6.07) is 0. The van der Waals surface area contributed by atoms with Crippen LogP contribution in [0.25, 0.3) is 0 Å². The number of hydrogen-bond donors (Lipinski definition) is 1. The number of rotatable bonds is 5. The largest absolute Gasteiger partial charge is 0.356 e. The molecule has 158 valence electrons. The highest BCUT2D eigenvalue weighted by molar-refractivity contribution is 14.0. The van der Waals surface area contributed by atoms with E-state index in [4.69, 9.17) is 0 Å². The van der Waals surface area contributed by atoms with E-state index in [9.17, 15) is 13.2 Å². The number of nitrogens with one attached hydrogen (secondary N) is 1. The number of amides is 1. The van der Waals surface area contributed by atoms with Crippen LogP contribution in [0.3, 0.4) is 0 Å². The summed E-state index contributed by atoms with van der Waals surface area (Å²) in [5, 5.41) is 7.43. The van der Waals surface area contributed by atoms with Crippen molar-refractivity contribution in [3.8, 4) is 0 Å². The van der Waals surface area contributed by atoms with Crippen LogP contribution < -0.4 is 10.2 Å². The highest BCUT2D eigenvalue weighted by Crippen LogP contribution is 2.19. The Kier molecular flexibility index (Phi) is 8.10. The maximum Gasteiger partial charge on any atom is 0.246 e. The third-order valence-corrected chi connectivity index (χ3v) is 6.72. The topological polar surface area (TPSA) is 99.9 Å². The molecule has 2 aliphatic heterocycles. The molecule has 0 radical (unpaired) electrons. The van der Waals surface area contributed by atoms with Gasteiger partial charge < -0.3 is 15.1 Å². The van der Waals surface area contributed by atoms with E-state index in [0.29, 0.717) is 32.0 Å². The molecule has 3 rings (SSSR count). The Morgan fingerprint density at radius 2 is 2.18 bits per heavy atom. The fourth-order valence-corrected chi connectivity index (χ4v) is 5.26. The van der Waals surface area contributed by atoms with Gasteiger partial charge >= 0.3 is 0 Å². The SMILES string of the molecule is CCCNC(=NCC1CCS(=O)(=O)C1)N1CCN(c2cnn(C)c2)C(=O)C1.I. The number of carbonyl (C=O) groups is 1. The van der Waals surface area contributed by atoms with Crippen molar-refractivity contribution < 1.29 is 13.2 Å². The lowest BCUT2D eigenvalue weighted by molar-refractivity contribution is -0.120. The molecule has 3 heterocycles. The molecule has 0 aliphatic carbocycles. The molecule has 2 aliphatic rings. The highest BCUT2D eigenvalue weighted by atomic mass is 127. The van der Waals surface area contributed by atoms with E-state index in [2.05, 4.69) is 22.3 Å². The summed E-state index contributed by atoms with van der Waals surface area (Å²) in [5.41, 5.74) is 0.804. The van der Waals surface area contributed by atoms with E-state index in [1.54, 1.807) is 15.8 Å². The van der Waals surface area contributed by atoms with Crippen molar-refractivity contribution in [2.75, 3.05) is 49.1 Å². The lowest BCUT2D eigenvalue weighted by atomic mass is 10.1. The number of aromatic nitrogens is 2. The van der Waals surface area contributed by atoms with Gasteiger partial charge in [-0.25, -0.2) is 8.42 Å². The van der Waals surface area contributed by atoms with E-state index in [0.717, 1.165) is 18.7 Å². The average Bonchev–Trinajstić information content (AvgIpc) is 3.20. The number of anilines is 1. The number of piperazine rings is 1. The van der Waals surface area contributed by atoms with E-state index in [-0.39, 0.29) is 53.9 Å². The molecule has 1 aromatic heterocycles. The number of carbonyl (C=O) groups excluding carboxylic acids is 1. The van der Waals surface area contributed by atoms with Crippen LogP contribution in [0.15, 0.2) is 17.4 Å². The summed E-state index contributed by atoms with van der Waals surface area (Å²) in [6.07, 6.45) is 5.14. The van der Waals surface area contributed by atoms with Gasteiger partial charge in [0.1, 0.15) is 6.54 Å². The molecule has 2 fully saturated rings. The number of guanidine groups is 1. The summed E-state index contributed by atoms with van der Waals surface area (Å²) in [6.45, 7) is 4.78. The molecule has 1 aromatic rings. The maximum absolute atomic E-state index is 12.6. The summed E-state index contributed by atoms with van der Waals surface area (Å²) in [5.74, 6) is 1.24. The molecule has 28 heavy (non-hydrogen) atoms. The van der Waals surface area contributed by atoms with Crippen LogP contribution in [0.4, 0.5) is 5.69 Å². The van der Waals surface area contributed by atoms with Crippen LogP contribution in [0, 0.1) is 5.92 Å². The van der Waals surface area contributed by atoms with Crippen LogP contribution in [-0.2, 0) is 21.7 Å². The molecular weight excluding hydrogens is 495 g/mol. The van der Waals surface area contributed by atoms with Crippen molar-refractivity contribution in [3.63, 3.8) is 0 Å². The van der Waals surface area contributed by atoms with E-state index < -0.39 is 9.84 Å². The van der Waals surface area contributed by atoms with Gasteiger partial charge in [0.25, 0.3) is 0 Å². The smallest absolute Gasteiger partial charge is 0.246 e. The molecule has 0 spiro atoms. The van der Waals surface area contributed by atoms with Gasteiger partial charge in [0, 0.05) is 39.4 Å². The van der Waals surface area contributed by atoms with Crippen LogP contribution in [0.1, 0.15) is 19.8 Å². The van der Waals surface area contributed by atoms with Crippen molar-refractivity contribution >= 4 is 51.4 Å². The molecule has 2 saturated heterocycles. The number of hydrogen-bond acceptors (Lipinski definition) is 5. The van der Waals surface area contributed by atoms with E-state index >= 15 is 0 Å². The fourth-order valence-electron chi connectivity index (χ4n) is 3.41. The zero-order valence-electron chi connectivity index (χ0n) is 16.4. The third-order valence-electron chi connectivity index (χ3n) is 4.88. The molecule has 1 unspecified atom stereocenters. The first-order valence-corrected chi connectivity index (χ1v) is 11.2. The van der Waals surface area contributed by atoms with Crippen molar-refractivity contribution in [2.24, 2.45) is 18.0 Å². The summed E-state index contributed by atoms with van der Waals surface area (Å²) >= 11 is 0. The minimum absolute atomic E-state index is 0. The number of nitrogens with zero attached hydrogens (tertiary/aromatic N) is 5. The molecule has 11 heteroatoms. The first kappa shape index (κ1) is 22.9. The predicted molar refractivity (Wildman–Crippen MR) is 120 cm³/mol. The van der Waals surface area contributed by atoms with E-state index in [1.807, 2.05) is 18.1 Å². The van der Waals surface area contributed by atoms with Crippen molar-refractivity contribution in [1.29, 1.82) is 0 Å². The van der Waals surface area contributed by atoms with Gasteiger partial charge in [-0.2, -0.15) is 5.10 Å². The number of halogens is 1. The average molecular weight is 524 g/mol. The standard InChI is InChI=1S/C17H28N6O3S.HI/c1-3-5-18-17(19-9-14-4-8-27(25,26)13-14)22-6-7-23(16(24)12-22)15-10-20-21(2)11-15;/h10-11,14H,3-9,12-13H2,1-2H3,(H,18,19);1H. The van der Waals surface area contributed by atoms with Gasteiger partial charge in [0.2, 0.25) is 5.91 Å². The zero-order valence-corrected chi connectivity index (χ0v) is 19.5. The zero-order chi connectivity index (χ0) is 19.4. The summed E-state index contributed by atoms with van der Waals surface area (Å²) < 4.78 is 25.0. The normalized spacial score (nSPS) is 22.3. The molecule has 9 nitrogen and oxygen atoms in total. The van der Waals surface area contributed by atoms with Gasteiger partial charge in [-0.1, -0.05) is 6.92 Å². The maximum atomic E-state index is 12.6. The van der Waals surface area contributed by atoms with Gasteiger partial charge in [0.05, 0.1) is 23.4 Å². The Morgan fingerprint density at radius 3 is 2.75 bits per heavy atom. The van der Waals surface area contributed by atoms with E-state index in [1.165, 1.54) is 0 Å². The second kappa shape index (κ2) is 9.90. The van der Waals surface area contributed by atoms with Crippen LogP contribution in [-0.4, -0.2) is 79.2 Å². The van der Waals surface area contributed by atoms with Crippen LogP contribution in [0.2, 0.25) is 0 Å². The minimum atomic E-state index is -2.90. The van der Waals surface area contributed by atoms with Gasteiger partial charge in [-0.05, 0) is 18.8 Å². The Bertz CT molecular complexity index is 810. The predicted octanol–water partition coefficient (Wildman–Crippen LogP) is 0.477. The minimum Gasteiger partial charge on any atom is -0.356 e. The molecule has 1 N–H and O–H groups in total. The Labute approximate surface area is 183 Å². The Balaban J connectivity index is 0.00000280. The molecule has 1 amide bonds. The highest BCUT2D eigenvalue weighted by Gasteiger charge is 2.30. The van der Waals surface area contributed by atoms with Crippen molar-refractivity contribution in [2.45, 2.75) is 19.8 Å². The van der Waals surface area contributed by atoms with Crippen LogP contribution in [0.5, 0.6) is 0 Å². The van der Waals surface area contributed by atoms with Crippen LogP contribution >= 0.6 is 24.0 Å². The van der Waals surface area contributed by atoms with Crippen molar-refractivity contribution in [1.82, 2.24) is 20.0 Å². The summed E-state index contributed by atoms with van der Waals surface area (Å²) in [4.78, 5) is 21.0. The third kappa shape index (κ3) is 5.82. The first-order chi connectivity index (χ1) is 12.9.